The molecule has 0 saturated heterocycles. The second-order valence-corrected chi connectivity index (χ2v) is 1.65. The monoisotopic (exact) mass is 170 g/mol. The number of nitrogens with zero attached hydrogens (tertiary/aromatic N) is 2. The normalized spacial score (nSPS) is 7.17. The standard InChI is InChI=1S/C6H10N2.2C2H6/c1-6(2)4-8-5-7-3;2*1-2/h4-5H,3H2,1-2H3;2*1-2H3. The van der Waals surface area contributed by atoms with Crippen molar-refractivity contribution in [3.8, 4) is 0 Å². The van der Waals surface area contributed by atoms with Crippen LogP contribution in [0.1, 0.15) is 41.5 Å². The Kier molecular flexibility index (Phi) is 32.3. The van der Waals surface area contributed by atoms with E-state index in [-0.39, 0.29) is 0 Å². The Hall–Kier alpha value is -0.920. The predicted octanol–water partition coefficient (Wildman–Crippen LogP) is 3.69. The van der Waals surface area contributed by atoms with Gasteiger partial charge in [0.05, 0.1) is 0 Å². The Morgan fingerprint density at radius 1 is 1.08 bits per heavy atom. The van der Waals surface area contributed by atoms with Crippen molar-refractivity contribution in [3.63, 3.8) is 0 Å². The quantitative estimate of drug-likeness (QED) is 0.446. The van der Waals surface area contributed by atoms with Crippen LogP contribution in [0.5, 0.6) is 0 Å². The topological polar surface area (TPSA) is 24.7 Å². The smallest absolute Gasteiger partial charge is 0.114 e. The van der Waals surface area contributed by atoms with E-state index in [0.29, 0.717) is 0 Å². The van der Waals surface area contributed by atoms with E-state index in [4.69, 9.17) is 0 Å². The van der Waals surface area contributed by atoms with Crippen LogP contribution in [-0.4, -0.2) is 13.1 Å². The molecule has 0 heterocycles. The molecule has 0 spiro atoms. The highest BCUT2D eigenvalue weighted by Gasteiger charge is 1.67. The van der Waals surface area contributed by atoms with Crippen LogP contribution in [0, 0.1) is 0 Å². The van der Waals surface area contributed by atoms with E-state index in [1.165, 1.54) is 6.34 Å². The van der Waals surface area contributed by atoms with Gasteiger partial charge in [-0.25, -0.2) is 4.99 Å². The highest BCUT2D eigenvalue weighted by molar-refractivity contribution is 5.62. The lowest BCUT2D eigenvalue weighted by Crippen LogP contribution is -1.62. The number of rotatable bonds is 2. The Morgan fingerprint density at radius 3 is 1.75 bits per heavy atom. The Morgan fingerprint density at radius 2 is 1.50 bits per heavy atom. The van der Waals surface area contributed by atoms with Crippen LogP contribution >= 0.6 is 0 Å². The minimum absolute atomic E-state index is 1.16. The molecule has 0 unspecified atom stereocenters. The molecule has 0 aromatic heterocycles. The molecule has 12 heavy (non-hydrogen) atoms. The highest BCUT2D eigenvalue weighted by Crippen LogP contribution is 1.86. The largest absolute Gasteiger partial charge is 0.253 e. The molecule has 0 aliphatic rings. The Bertz CT molecular complexity index is 120. The van der Waals surface area contributed by atoms with Crippen molar-refractivity contribution >= 4 is 13.1 Å². The van der Waals surface area contributed by atoms with Crippen molar-refractivity contribution < 1.29 is 0 Å². The van der Waals surface area contributed by atoms with Gasteiger partial charge in [0.1, 0.15) is 6.34 Å². The summed E-state index contributed by atoms with van der Waals surface area (Å²) in [4.78, 5) is 7.19. The minimum atomic E-state index is 1.16. The molecule has 2 nitrogen and oxygen atoms in total. The predicted molar refractivity (Wildman–Crippen MR) is 60.2 cm³/mol. The van der Waals surface area contributed by atoms with Crippen LogP contribution in [0.3, 0.4) is 0 Å². The van der Waals surface area contributed by atoms with Crippen LogP contribution in [0.4, 0.5) is 0 Å². The van der Waals surface area contributed by atoms with Crippen molar-refractivity contribution in [3.05, 3.63) is 11.8 Å². The van der Waals surface area contributed by atoms with Crippen LogP contribution in [0.2, 0.25) is 0 Å². The molecule has 0 aliphatic heterocycles. The lowest BCUT2D eigenvalue weighted by atomic mass is 10.4. The molecule has 0 radical (unpaired) electrons. The van der Waals surface area contributed by atoms with Crippen molar-refractivity contribution in [2.24, 2.45) is 9.98 Å². The average Bonchev–Trinajstić information content (AvgIpc) is 2.12. The molecular formula is C10H22N2. The first kappa shape index (κ1) is 17.2. The maximum Gasteiger partial charge on any atom is 0.114 e. The van der Waals surface area contributed by atoms with E-state index in [0.717, 1.165) is 5.57 Å². The number of hydrogen-bond acceptors (Lipinski definition) is 1. The summed E-state index contributed by atoms with van der Waals surface area (Å²) in [5.74, 6) is 0. The molecule has 0 amide bonds. The van der Waals surface area contributed by atoms with E-state index >= 15 is 0 Å². The third kappa shape index (κ3) is 35.6. The fourth-order valence-corrected chi connectivity index (χ4v) is 0.230. The lowest BCUT2D eigenvalue weighted by Gasteiger charge is -1.78. The molecule has 0 fully saturated rings. The van der Waals surface area contributed by atoms with Gasteiger partial charge in [-0.2, -0.15) is 0 Å². The molecular weight excluding hydrogens is 148 g/mol. The molecule has 0 saturated carbocycles. The third-order valence-electron chi connectivity index (χ3n) is 0.481. The maximum atomic E-state index is 3.77. The van der Waals surface area contributed by atoms with Gasteiger partial charge < -0.3 is 0 Å². The molecule has 0 bridgehead atoms. The van der Waals surface area contributed by atoms with Crippen LogP contribution in [0.25, 0.3) is 0 Å². The molecule has 2 heteroatoms. The van der Waals surface area contributed by atoms with Crippen molar-refractivity contribution in [2.45, 2.75) is 41.5 Å². The summed E-state index contributed by atoms with van der Waals surface area (Å²) >= 11 is 0. The lowest BCUT2D eigenvalue weighted by molar-refractivity contribution is 1.34. The molecule has 0 N–H and O–H groups in total. The summed E-state index contributed by atoms with van der Waals surface area (Å²) in [5, 5.41) is 0. The van der Waals surface area contributed by atoms with Gasteiger partial charge >= 0.3 is 0 Å². The summed E-state index contributed by atoms with van der Waals surface area (Å²) in [6, 6.07) is 0. The number of allylic oxidation sites excluding steroid dienone is 1. The second kappa shape index (κ2) is 22.5. The molecule has 0 rings (SSSR count). The van der Waals surface area contributed by atoms with Gasteiger partial charge in [0.2, 0.25) is 0 Å². The average molecular weight is 170 g/mol. The van der Waals surface area contributed by atoms with Gasteiger partial charge in [-0.3, -0.25) is 4.99 Å². The molecule has 0 aromatic carbocycles. The van der Waals surface area contributed by atoms with Gasteiger partial charge in [-0.1, -0.05) is 33.3 Å². The fraction of sp³-hybridized carbons (Fsp3) is 0.600. The van der Waals surface area contributed by atoms with Gasteiger partial charge in [0.15, 0.2) is 0 Å². The van der Waals surface area contributed by atoms with E-state index in [9.17, 15) is 0 Å². The van der Waals surface area contributed by atoms with Crippen LogP contribution in [-0.2, 0) is 0 Å². The van der Waals surface area contributed by atoms with E-state index in [1.807, 2.05) is 41.5 Å². The van der Waals surface area contributed by atoms with Gasteiger partial charge in [-0.05, 0) is 20.6 Å². The zero-order chi connectivity index (χ0) is 10.4. The molecule has 0 aliphatic carbocycles. The zero-order valence-corrected chi connectivity index (χ0v) is 9.26. The first-order chi connectivity index (χ1) is 5.77. The highest BCUT2D eigenvalue weighted by atomic mass is 14.8. The number of aliphatic imine (C=N–C) groups is 2. The van der Waals surface area contributed by atoms with E-state index in [1.54, 1.807) is 6.20 Å². The van der Waals surface area contributed by atoms with Gasteiger partial charge in [-0.15, -0.1) is 0 Å². The molecule has 72 valence electrons. The van der Waals surface area contributed by atoms with Gasteiger partial charge in [0, 0.05) is 6.20 Å². The molecule has 0 aromatic rings. The van der Waals surface area contributed by atoms with E-state index < -0.39 is 0 Å². The SMILES string of the molecule is C=NC=NC=C(C)C.CC.CC. The third-order valence-corrected chi connectivity index (χ3v) is 0.481. The number of hydrogen-bond donors (Lipinski definition) is 0. The van der Waals surface area contributed by atoms with Gasteiger partial charge in [0.25, 0.3) is 0 Å². The van der Waals surface area contributed by atoms with Crippen molar-refractivity contribution in [2.75, 3.05) is 0 Å². The summed E-state index contributed by atoms with van der Waals surface area (Å²) in [6.07, 6.45) is 3.14. The first-order valence-corrected chi connectivity index (χ1v) is 4.38. The van der Waals surface area contributed by atoms with Crippen LogP contribution < -0.4 is 0 Å². The molecule has 0 atom stereocenters. The second-order valence-electron chi connectivity index (χ2n) is 1.65. The summed E-state index contributed by atoms with van der Waals surface area (Å²) in [6.45, 7) is 15.2. The minimum Gasteiger partial charge on any atom is -0.253 e. The van der Waals surface area contributed by atoms with E-state index in [2.05, 4.69) is 16.7 Å². The fourth-order valence-electron chi connectivity index (χ4n) is 0.230. The van der Waals surface area contributed by atoms with Crippen LogP contribution in [0.15, 0.2) is 21.8 Å². The Labute approximate surface area is 77.1 Å². The summed E-state index contributed by atoms with van der Waals surface area (Å²) in [7, 11) is 0. The summed E-state index contributed by atoms with van der Waals surface area (Å²) in [5.41, 5.74) is 1.16. The first-order valence-electron chi connectivity index (χ1n) is 4.38. The van der Waals surface area contributed by atoms with Crippen molar-refractivity contribution in [1.29, 1.82) is 0 Å². The summed E-state index contributed by atoms with van der Waals surface area (Å²) < 4.78 is 0. The Balaban J connectivity index is -0.000000175. The zero-order valence-electron chi connectivity index (χ0n) is 9.26. The van der Waals surface area contributed by atoms with Crippen molar-refractivity contribution in [1.82, 2.24) is 0 Å². The maximum absolute atomic E-state index is 3.77.